The van der Waals surface area contributed by atoms with Crippen LogP contribution in [0.3, 0.4) is 0 Å². The van der Waals surface area contributed by atoms with Crippen molar-refractivity contribution in [1.82, 2.24) is 0 Å². The van der Waals surface area contributed by atoms with Gasteiger partial charge in [-0.15, -0.1) is 0 Å². The quantitative estimate of drug-likeness (QED) is 0.322. The molecule has 0 spiro atoms. The van der Waals surface area contributed by atoms with E-state index in [0.717, 1.165) is 0 Å². The molecule has 0 aliphatic heterocycles. The Morgan fingerprint density at radius 1 is 1.12 bits per heavy atom. The molecule has 0 aromatic carbocycles. The van der Waals surface area contributed by atoms with Crippen LogP contribution in [0.25, 0.3) is 0 Å². The van der Waals surface area contributed by atoms with Gasteiger partial charge in [-0.05, 0) is 13.0 Å². The van der Waals surface area contributed by atoms with E-state index >= 15 is 0 Å². The van der Waals surface area contributed by atoms with Gasteiger partial charge in [0.2, 0.25) is 0 Å². The summed E-state index contributed by atoms with van der Waals surface area (Å²) in [6.07, 6.45) is -9.92. The molecule has 0 rings (SSSR count). The zero-order valence-electron chi connectivity index (χ0n) is 8.12. The van der Waals surface area contributed by atoms with Gasteiger partial charge in [0.25, 0.3) is 0 Å². The van der Waals surface area contributed by atoms with Crippen molar-refractivity contribution in [3.05, 3.63) is 23.3 Å². The van der Waals surface area contributed by atoms with Crippen LogP contribution >= 0.6 is 0 Å². The molecule has 0 fully saturated rings. The molecule has 0 radical (unpaired) electrons. The van der Waals surface area contributed by atoms with Gasteiger partial charge in [-0.25, -0.2) is 0 Å². The van der Waals surface area contributed by atoms with Crippen LogP contribution in [0, 0.1) is 0 Å². The van der Waals surface area contributed by atoms with Crippen molar-refractivity contribution >= 4 is 6.29 Å². The van der Waals surface area contributed by atoms with Crippen molar-refractivity contribution in [2.24, 2.45) is 0 Å². The Bertz CT molecular complexity index is 307. The molecule has 0 aliphatic rings. The number of alkyl halides is 6. The van der Waals surface area contributed by atoms with E-state index in [4.69, 9.17) is 0 Å². The molecule has 0 N–H and O–H groups in total. The van der Waals surface area contributed by atoms with Crippen molar-refractivity contribution in [3.63, 3.8) is 0 Å². The maximum absolute atomic E-state index is 12.0. The largest absolute Gasteiger partial charge is 0.412 e. The van der Waals surface area contributed by atoms with E-state index < -0.39 is 29.9 Å². The highest BCUT2D eigenvalue weighted by molar-refractivity contribution is 5.77. The third-order valence-corrected chi connectivity index (χ3v) is 1.54. The van der Waals surface area contributed by atoms with Crippen LogP contribution in [0.1, 0.15) is 13.3 Å². The van der Waals surface area contributed by atoms with Gasteiger partial charge in [0, 0.05) is 11.1 Å². The van der Waals surface area contributed by atoms with E-state index in [1.807, 2.05) is 0 Å². The summed E-state index contributed by atoms with van der Waals surface area (Å²) in [6.45, 7) is 0.672. The molecule has 0 heterocycles. The number of aldehydes is 1. The lowest BCUT2D eigenvalue weighted by Crippen LogP contribution is -2.09. The van der Waals surface area contributed by atoms with Crippen LogP contribution in [0.4, 0.5) is 26.3 Å². The fourth-order valence-electron chi connectivity index (χ4n) is 0.706. The number of rotatable bonds is 3. The molecular formula is C9H8F6O. The number of hydrogen-bond acceptors (Lipinski definition) is 1. The van der Waals surface area contributed by atoms with Crippen molar-refractivity contribution < 1.29 is 31.1 Å². The topological polar surface area (TPSA) is 17.1 Å². The third-order valence-electron chi connectivity index (χ3n) is 1.54. The molecule has 0 aliphatic carbocycles. The number of hydrogen-bond donors (Lipinski definition) is 0. The molecular weight excluding hydrogens is 238 g/mol. The summed E-state index contributed by atoms with van der Waals surface area (Å²) in [5.74, 6) is 0. The lowest BCUT2D eigenvalue weighted by Gasteiger charge is -2.06. The minimum absolute atomic E-state index is 0.0546. The zero-order valence-corrected chi connectivity index (χ0v) is 8.12. The Balaban J connectivity index is 4.84. The second-order valence-corrected chi connectivity index (χ2v) is 2.97. The van der Waals surface area contributed by atoms with E-state index in [2.05, 4.69) is 0 Å². The molecule has 0 bridgehead atoms. The molecule has 0 aromatic rings. The molecule has 0 aromatic heterocycles. The van der Waals surface area contributed by atoms with Crippen LogP contribution in [-0.2, 0) is 4.79 Å². The Hall–Kier alpha value is -1.27. The molecule has 1 nitrogen and oxygen atoms in total. The van der Waals surface area contributed by atoms with Gasteiger partial charge < -0.3 is 0 Å². The van der Waals surface area contributed by atoms with Gasteiger partial charge in [0.1, 0.15) is 6.29 Å². The summed E-state index contributed by atoms with van der Waals surface area (Å²) in [6, 6.07) is 0. The lowest BCUT2D eigenvalue weighted by molar-refractivity contribution is -0.125. The van der Waals surface area contributed by atoms with Crippen LogP contribution in [-0.4, -0.2) is 18.6 Å². The average molecular weight is 246 g/mol. The second kappa shape index (κ2) is 5.18. The minimum atomic E-state index is -4.65. The van der Waals surface area contributed by atoms with Crippen LogP contribution < -0.4 is 0 Å². The van der Waals surface area contributed by atoms with Gasteiger partial charge in [-0.2, -0.15) is 26.3 Å². The van der Waals surface area contributed by atoms with E-state index in [0.29, 0.717) is 19.1 Å². The second-order valence-electron chi connectivity index (χ2n) is 2.97. The van der Waals surface area contributed by atoms with E-state index in [9.17, 15) is 31.1 Å². The molecule has 7 heteroatoms. The minimum Gasteiger partial charge on any atom is -0.298 e. The predicted molar refractivity (Wildman–Crippen MR) is 44.6 cm³/mol. The Morgan fingerprint density at radius 2 is 1.62 bits per heavy atom. The first-order chi connectivity index (χ1) is 7.06. The van der Waals surface area contributed by atoms with Crippen LogP contribution in [0.5, 0.6) is 0 Å². The maximum atomic E-state index is 12.0. The molecule has 0 atom stereocenters. The SMILES string of the molecule is C/C(=C\C(C=O)=C/CC(F)(F)F)C(F)(F)F. The predicted octanol–water partition coefficient (Wildman–Crippen LogP) is 3.57. The van der Waals surface area contributed by atoms with Crippen molar-refractivity contribution in [2.75, 3.05) is 0 Å². The molecule has 16 heavy (non-hydrogen) atoms. The van der Waals surface area contributed by atoms with Crippen molar-refractivity contribution in [1.29, 1.82) is 0 Å². The van der Waals surface area contributed by atoms with Gasteiger partial charge in [-0.3, -0.25) is 4.79 Å². The third kappa shape index (κ3) is 6.26. The Morgan fingerprint density at radius 3 is 1.94 bits per heavy atom. The number of carbonyl (C=O) groups excluding carboxylic acids is 1. The fourth-order valence-corrected chi connectivity index (χ4v) is 0.706. The Kier molecular flexibility index (Phi) is 4.77. The molecule has 0 amide bonds. The van der Waals surface area contributed by atoms with E-state index in [1.165, 1.54) is 0 Å². The fraction of sp³-hybridized carbons (Fsp3) is 0.444. The van der Waals surface area contributed by atoms with E-state index in [1.54, 1.807) is 0 Å². The van der Waals surface area contributed by atoms with Crippen LogP contribution in [0.2, 0.25) is 0 Å². The highest BCUT2D eigenvalue weighted by Gasteiger charge is 2.30. The smallest absolute Gasteiger partial charge is 0.298 e. The summed E-state index contributed by atoms with van der Waals surface area (Å²) < 4.78 is 71.1. The average Bonchev–Trinajstić information content (AvgIpc) is 2.08. The van der Waals surface area contributed by atoms with Gasteiger partial charge in [0.05, 0.1) is 6.42 Å². The Labute approximate surface area is 87.4 Å². The lowest BCUT2D eigenvalue weighted by atomic mass is 10.1. The summed E-state index contributed by atoms with van der Waals surface area (Å²) in [4.78, 5) is 10.2. The van der Waals surface area contributed by atoms with Gasteiger partial charge in [-0.1, -0.05) is 6.08 Å². The normalized spacial score (nSPS) is 15.2. The first kappa shape index (κ1) is 14.7. The highest BCUT2D eigenvalue weighted by Crippen LogP contribution is 2.26. The number of halogens is 6. The first-order valence-corrected chi connectivity index (χ1v) is 4.04. The number of carbonyl (C=O) groups is 1. The van der Waals surface area contributed by atoms with Crippen molar-refractivity contribution in [2.45, 2.75) is 25.7 Å². The molecule has 0 saturated carbocycles. The van der Waals surface area contributed by atoms with Gasteiger partial charge >= 0.3 is 12.4 Å². The highest BCUT2D eigenvalue weighted by atomic mass is 19.4. The summed E-state index contributed by atoms with van der Waals surface area (Å²) in [5.41, 5.74) is -1.78. The molecule has 0 unspecified atom stereocenters. The maximum Gasteiger partial charge on any atom is 0.412 e. The zero-order chi connectivity index (χ0) is 13.0. The van der Waals surface area contributed by atoms with Crippen molar-refractivity contribution in [3.8, 4) is 0 Å². The standard InChI is InChI=1S/C9H8F6O/c1-6(9(13,14)15)4-7(5-16)2-3-8(10,11)12/h2,4-5H,3H2,1H3/b6-4+,7-2+. The first-order valence-electron chi connectivity index (χ1n) is 4.04. The van der Waals surface area contributed by atoms with Gasteiger partial charge in [0.15, 0.2) is 0 Å². The molecule has 92 valence electrons. The summed E-state index contributed by atoms with van der Waals surface area (Å²) >= 11 is 0. The molecule has 0 saturated heterocycles. The summed E-state index contributed by atoms with van der Waals surface area (Å²) in [7, 11) is 0. The van der Waals surface area contributed by atoms with E-state index in [-0.39, 0.29) is 6.29 Å². The van der Waals surface area contributed by atoms with Crippen LogP contribution in [0.15, 0.2) is 23.3 Å². The monoisotopic (exact) mass is 246 g/mol. The number of allylic oxidation sites excluding steroid dienone is 4. The summed E-state index contributed by atoms with van der Waals surface area (Å²) in [5, 5.41) is 0.